The van der Waals surface area contributed by atoms with Gasteiger partial charge < -0.3 is 9.47 Å². The molecule has 3 rings (SSSR count). The van der Waals surface area contributed by atoms with Crippen LogP contribution in [-0.4, -0.2) is 18.7 Å². The van der Waals surface area contributed by atoms with Crippen LogP contribution in [0.1, 0.15) is 30.8 Å². The molecule has 4 nitrogen and oxygen atoms in total. The van der Waals surface area contributed by atoms with Crippen molar-refractivity contribution < 1.29 is 9.47 Å². The standard InChI is InChI=1S/C22H22N2O2S/c1-15(2)10-11-26-19-9-8-16(13-20(19)25-3)12-17(14-23)22-24-18-6-4-5-7-21(18)27-22/h4-9,12-13,15H,10-11H2,1-3H3/b17-12+. The Hall–Kier alpha value is -2.84. The summed E-state index contributed by atoms with van der Waals surface area (Å²) in [4.78, 5) is 4.57. The van der Waals surface area contributed by atoms with Crippen molar-refractivity contribution in [1.29, 1.82) is 5.26 Å². The van der Waals surface area contributed by atoms with E-state index >= 15 is 0 Å². The zero-order chi connectivity index (χ0) is 19.2. The lowest BCUT2D eigenvalue weighted by Crippen LogP contribution is -2.02. The summed E-state index contributed by atoms with van der Waals surface area (Å²) in [5.74, 6) is 1.97. The molecule has 0 spiro atoms. The van der Waals surface area contributed by atoms with Gasteiger partial charge in [-0.1, -0.05) is 32.0 Å². The Kier molecular flexibility index (Phi) is 6.10. The Morgan fingerprint density at radius 2 is 2.04 bits per heavy atom. The van der Waals surface area contributed by atoms with Gasteiger partial charge in [0.2, 0.25) is 0 Å². The summed E-state index contributed by atoms with van der Waals surface area (Å²) in [7, 11) is 1.62. The molecule has 0 saturated carbocycles. The fourth-order valence-corrected chi connectivity index (χ4v) is 3.53. The molecule has 5 heteroatoms. The maximum Gasteiger partial charge on any atom is 0.161 e. The molecule has 1 heterocycles. The van der Waals surface area contributed by atoms with Crippen molar-refractivity contribution in [3.05, 3.63) is 53.0 Å². The van der Waals surface area contributed by atoms with Crippen molar-refractivity contribution in [1.82, 2.24) is 4.98 Å². The van der Waals surface area contributed by atoms with Crippen molar-refractivity contribution in [2.24, 2.45) is 5.92 Å². The highest BCUT2D eigenvalue weighted by Crippen LogP contribution is 2.32. The van der Waals surface area contributed by atoms with Crippen LogP contribution >= 0.6 is 11.3 Å². The summed E-state index contributed by atoms with van der Waals surface area (Å²) in [6.07, 6.45) is 2.82. The van der Waals surface area contributed by atoms with Crippen molar-refractivity contribution >= 4 is 33.2 Å². The number of rotatable bonds is 7. The monoisotopic (exact) mass is 378 g/mol. The lowest BCUT2D eigenvalue weighted by molar-refractivity contribution is 0.273. The van der Waals surface area contributed by atoms with Crippen LogP contribution in [0.4, 0.5) is 0 Å². The fourth-order valence-electron chi connectivity index (χ4n) is 2.59. The molecular weight excluding hydrogens is 356 g/mol. The van der Waals surface area contributed by atoms with Crippen LogP contribution in [0.25, 0.3) is 21.9 Å². The van der Waals surface area contributed by atoms with Gasteiger partial charge in [-0.25, -0.2) is 4.98 Å². The van der Waals surface area contributed by atoms with Gasteiger partial charge in [0.15, 0.2) is 11.5 Å². The largest absolute Gasteiger partial charge is 0.493 e. The van der Waals surface area contributed by atoms with Crippen LogP contribution in [0.2, 0.25) is 0 Å². The molecule has 0 aliphatic heterocycles. The summed E-state index contributed by atoms with van der Waals surface area (Å²) in [6.45, 7) is 4.98. The molecule has 0 unspecified atom stereocenters. The molecule has 0 amide bonds. The first kappa shape index (κ1) is 18.9. The smallest absolute Gasteiger partial charge is 0.161 e. The Morgan fingerprint density at radius 3 is 2.74 bits per heavy atom. The van der Waals surface area contributed by atoms with Gasteiger partial charge in [0.05, 0.1) is 29.5 Å². The summed E-state index contributed by atoms with van der Waals surface area (Å²) < 4.78 is 12.4. The number of aromatic nitrogens is 1. The van der Waals surface area contributed by atoms with Gasteiger partial charge in [-0.2, -0.15) is 5.26 Å². The van der Waals surface area contributed by atoms with Crippen molar-refractivity contribution in [3.8, 4) is 17.6 Å². The van der Waals surface area contributed by atoms with E-state index in [0.717, 1.165) is 27.2 Å². The van der Waals surface area contributed by atoms with Gasteiger partial charge in [0.25, 0.3) is 0 Å². The molecule has 0 aliphatic rings. The van der Waals surface area contributed by atoms with E-state index in [2.05, 4.69) is 24.9 Å². The van der Waals surface area contributed by atoms with E-state index in [1.165, 1.54) is 11.3 Å². The van der Waals surface area contributed by atoms with E-state index in [1.807, 2.05) is 48.5 Å². The van der Waals surface area contributed by atoms with Crippen LogP contribution in [0.3, 0.4) is 0 Å². The molecule has 27 heavy (non-hydrogen) atoms. The van der Waals surface area contributed by atoms with Gasteiger partial charge in [0, 0.05) is 0 Å². The van der Waals surface area contributed by atoms with Crippen LogP contribution in [0.15, 0.2) is 42.5 Å². The predicted octanol–water partition coefficient (Wildman–Crippen LogP) is 5.79. The van der Waals surface area contributed by atoms with Gasteiger partial charge in [0.1, 0.15) is 11.1 Å². The average molecular weight is 378 g/mol. The molecule has 0 bridgehead atoms. The van der Waals surface area contributed by atoms with E-state index < -0.39 is 0 Å². The molecular formula is C22H22N2O2S. The van der Waals surface area contributed by atoms with Crippen LogP contribution in [-0.2, 0) is 0 Å². The summed E-state index contributed by atoms with van der Waals surface area (Å²) in [6, 6.07) is 15.9. The van der Waals surface area contributed by atoms with E-state index in [4.69, 9.17) is 9.47 Å². The van der Waals surface area contributed by atoms with Crippen molar-refractivity contribution in [2.75, 3.05) is 13.7 Å². The number of nitrogens with zero attached hydrogens (tertiary/aromatic N) is 2. The third-order valence-electron chi connectivity index (χ3n) is 4.10. The number of allylic oxidation sites excluding steroid dienone is 1. The van der Waals surface area contributed by atoms with Crippen LogP contribution < -0.4 is 9.47 Å². The molecule has 3 aromatic rings. The second-order valence-corrected chi connectivity index (χ2v) is 7.63. The normalized spacial score (nSPS) is 11.6. The van der Waals surface area contributed by atoms with Crippen molar-refractivity contribution in [2.45, 2.75) is 20.3 Å². The number of hydrogen-bond acceptors (Lipinski definition) is 5. The third-order valence-corrected chi connectivity index (χ3v) is 5.17. The van der Waals surface area contributed by atoms with Crippen LogP contribution in [0.5, 0.6) is 11.5 Å². The van der Waals surface area contributed by atoms with Gasteiger partial charge in [-0.05, 0) is 48.2 Å². The Balaban J connectivity index is 1.86. The van der Waals surface area contributed by atoms with E-state index in [0.29, 0.717) is 29.6 Å². The number of hydrogen-bond donors (Lipinski definition) is 0. The van der Waals surface area contributed by atoms with Gasteiger partial charge >= 0.3 is 0 Å². The average Bonchev–Trinajstić information content (AvgIpc) is 3.10. The number of thiazole rings is 1. The molecule has 138 valence electrons. The Labute approximate surface area is 163 Å². The molecule has 0 atom stereocenters. The minimum absolute atomic E-state index is 0.534. The Morgan fingerprint density at radius 1 is 1.22 bits per heavy atom. The summed E-state index contributed by atoms with van der Waals surface area (Å²) in [5.41, 5.74) is 2.32. The zero-order valence-electron chi connectivity index (χ0n) is 15.7. The molecule has 2 aromatic carbocycles. The van der Waals surface area contributed by atoms with Gasteiger partial charge in [-0.15, -0.1) is 11.3 Å². The topological polar surface area (TPSA) is 55.1 Å². The number of fused-ring (bicyclic) bond motifs is 1. The molecule has 0 aliphatic carbocycles. The minimum atomic E-state index is 0.534. The lowest BCUT2D eigenvalue weighted by Gasteiger charge is -2.12. The summed E-state index contributed by atoms with van der Waals surface area (Å²) in [5, 5.41) is 10.3. The minimum Gasteiger partial charge on any atom is -0.493 e. The van der Waals surface area contributed by atoms with E-state index in [-0.39, 0.29) is 0 Å². The first-order chi connectivity index (χ1) is 13.1. The second-order valence-electron chi connectivity index (χ2n) is 6.60. The first-order valence-electron chi connectivity index (χ1n) is 8.89. The highest BCUT2D eigenvalue weighted by Gasteiger charge is 2.10. The maximum atomic E-state index is 9.61. The zero-order valence-corrected chi connectivity index (χ0v) is 16.5. The van der Waals surface area contributed by atoms with Crippen molar-refractivity contribution in [3.63, 3.8) is 0 Å². The molecule has 1 aromatic heterocycles. The third kappa shape index (κ3) is 4.66. The molecule has 0 fully saturated rings. The SMILES string of the molecule is COc1cc(/C=C(\C#N)c2nc3ccccc3s2)ccc1OCCC(C)C. The maximum absolute atomic E-state index is 9.61. The number of benzene rings is 2. The Bertz CT molecular complexity index is 966. The lowest BCUT2D eigenvalue weighted by atomic mass is 10.1. The number of ether oxygens (including phenoxy) is 2. The molecule has 0 N–H and O–H groups in total. The predicted molar refractivity (Wildman–Crippen MR) is 111 cm³/mol. The molecule has 0 radical (unpaired) electrons. The highest BCUT2D eigenvalue weighted by atomic mass is 32.1. The first-order valence-corrected chi connectivity index (χ1v) is 9.71. The number of nitriles is 1. The fraction of sp³-hybridized carbons (Fsp3) is 0.273. The second kappa shape index (κ2) is 8.70. The number of para-hydroxylation sites is 1. The highest BCUT2D eigenvalue weighted by molar-refractivity contribution is 7.19. The summed E-state index contributed by atoms with van der Waals surface area (Å²) >= 11 is 1.52. The number of methoxy groups -OCH3 is 1. The van der Waals surface area contributed by atoms with Crippen LogP contribution in [0, 0.1) is 17.2 Å². The van der Waals surface area contributed by atoms with Gasteiger partial charge in [-0.3, -0.25) is 0 Å². The molecule has 0 saturated heterocycles. The van der Waals surface area contributed by atoms with E-state index in [1.54, 1.807) is 7.11 Å². The quantitative estimate of drug-likeness (QED) is 0.488. The van der Waals surface area contributed by atoms with E-state index in [9.17, 15) is 5.26 Å².